The van der Waals surface area contributed by atoms with Crippen molar-refractivity contribution in [2.24, 2.45) is 5.92 Å². The molecule has 0 amide bonds. The van der Waals surface area contributed by atoms with Crippen molar-refractivity contribution < 1.29 is 9.90 Å². The molecule has 174 valence electrons. The monoisotopic (exact) mass is 461 g/mol. The lowest BCUT2D eigenvalue weighted by Crippen LogP contribution is -2.16. The Balaban J connectivity index is 1.73. The predicted molar refractivity (Wildman–Crippen MR) is 139 cm³/mol. The Hall–Kier alpha value is -4.14. The van der Waals surface area contributed by atoms with E-state index in [2.05, 4.69) is 60.2 Å². The Bertz CT molecular complexity index is 1390. The maximum Gasteiger partial charge on any atom is 0.328 e. The third kappa shape index (κ3) is 4.62. The van der Waals surface area contributed by atoms with Gasteiger partial charge < -0.3 is 10.5 Å². The van der Waals surface area contributed by atoms with Gasteiger partial charge in [0.15, 0.2) is 0 Å². The molecule has 1 saturated carbocycles. The smallest absolute Gasteiger partial charge is 0.328 e. The number of aryl methyl sites for hydroxylation is 1. The summed E-state index contributed by atoms with van der Waals surface area (Å²) in [4.78, 5) is 10.9. The third-order valence-corrected chi connectivity index (χ3v) is 6.94. The molecule has 3 aromatic carbocycles. The van der Waals surface area contributed by atoms with Crippen LogP contribution in [0.4, 0.5) is 5.69 Å². The van der Waals surface area contributed by atoms with Crippen LogP contribution < -0.4 is 10.9 Å². The molecule has 1 fully saturated rings. The van der Waals surface area contributed by atoms with Crippen LogP contribution >= 0.6 is 0 Å². The molecule has 2 aliphatic rings. The lowest BCUT2D eigenvalue weighted by atomic mass is 9.72. The first-order valence-corrected chi connectivity index (χ1v) is 11.9. The van der Waals surface area contributed by atoms with Gasteiger partial charge in [0.2, 0.25) is 0 Å². The topological polar surface area (TPSA) is 85.2 Å². The summed E-state index contributed by atoms with van der Waals surface area (Å²) in [5.41, 5.74) is 17.3. The number of carbonyl (C=O) groups is 1. The van der Waals surface area contributed by atoms with Crippen LogP contribution in [0.2, 0.25) is 0 Å². The van der Waals surface area contributed by atoms with Gasteiger partial charge in [-0.1, -0.05) is 42.8 Å². The van der Waals surface area contributed by atoms with Gasteiger partial charge in [0.05, 0.1) is 17.3 Å². The second-order valence-electron chi connectivity index (χ2n) is 9.20. The second-order valence-corrected chi connectivity index (χ2v) is 9.20. The van der Waals surface area contributed by atoms with Crippen molar-refractivity contribution in [1.82, 2.24) is 5.43 Å². The van der Waals surface area contributed by atoms with Crippen molar-refractivity contribution in [3.8, 4) is 6.07 Å². The molecule has 5 rings (SSSR count). The first-order valence-electron chi connectivity index (χ1n) is 11.9. The van der Waals surface area contributed by atoms with Gasteiger partial charge in [-0.2, -0.15) is 5.26 Å². The quantitative estimate of drug-likeness (QED) is 0.303. The molecular weight excluding hydrogens is 434 g/mol. The molecule has 5 heteroatoms. The van der Waals surface area contributed by atoms with Crippen molar-refractivity contribution in [2.75, 3.05) is 5.43 Å². The van der Waals surface area contributed by atoms with Gasteiger partial charge in [-0.15, -0.1) is 0 Å². The zero-order valence-electron chi connectivity index (χ0n) is 19.6. The van der Waals surface area contributed by atoms with Crippen molar-refractivity contribution in [3.63, 3.8) is 0 Å². The average Bonchev–Trinajstić information content (AvgIpc) is 3.30. The molecular formula is C30H27N3O2. The molecule has 3 aromatic rings. The fraction of sp³-hybridized carbons (Fsp3) is 0.200. The predicted octanol–water partition coefficient (Wildman–Crippen LogP) is 6.15. The van der Waals surface area contributed by atoms with Crippen molar-refractivity contribution >= 4 is 28.9 Å². The number of allylic oxidation sites excluding steroid dienone is 1. The van der Waals surface area contributed by atoms with Gasteiger partial charge in [-0.05, 0) is 101 Å². The fourth-order valence-electron chi connectivity index (χ4n) is 4.95. The van der Waals surface area contributed by atoms with E-state index in [1.165, 1.54) is 28.7 Å². The molecule has 0 aromatic heterocycles. The number of hydrazine groups is 1. The van der Waals surface area contributed by atoms with E-state index in [0.29, 0.717) is 11.5 Å². The summed E-state index contributed by atoms with van der Waals surface area (Å²) in [5.74, 6) is -0.508. The number of fused-ring (bicyclic) bond motifs is 1. The number of nitrogens with zero attached hydrogens (tertiary/aromatic N) is 1. The van der Waals surface area contributed by atoms with Crippen LogP contribution in [0.1, 0.15) is 58.2 Å². The number of hydrogen-bond acceptors (Lipinski definition) is 4. The highest BCUT2D eigenvalue weighted by Gasteiger charge is 2.28. The Morgan fingerprint density at radius 3 is 2.49 bits per heavy atom. The minimum atomic E-state index is -0.960. The van der Waals surface area contributed by atoms with E-state index in [1.807, 2.05) is 24.3 Å². The molecule has 35 heavy (non-hydrogen) atoms. The summed E-state index contributed by atoms with van der Waals surface area (Å²) < 4.78 is 0. The van der Waals surface area contributed by atoms with Gasteiger partial charge in [0.25, 0.3) is 0 Å². The van der Waals surface area contributed by atoms with Gasteiger partial charge in [-0.3, -0.25) is 0 Å². The molecule has 0 radical (unpaired) electrons. The summed E-state index contributed by atoms with van der Waals surface area (Å²) in [6, 6.07) is 22.9. The minimum Gasteiger partial charge on any atom is -0.478 e. The molecule has 0 spiro atoms. The van der Waals surface area contributed by atoms with E-state index in [9.17, 15) is 10.1 Å². The normalized spacial score (nSPS) is 15.7. The van der Waals surface area contributed by atoms with E-state index in [0.717, 1.165) is 53.4 Å². The summed E-state index contributed by atoms with van der Waals surface area (Å²) in [5, 5.41) is 18.4. The lowest BCUT2D eigenvalue weighted by Gasteiger charge is -2.32. The highest BCUT2D eigenvalue weighted by molar-refractivity contribution is 6.00. The molecule has 0 bridgehead atoms. The lowest BCUT2D eigenvalue weighted by molar-refractivity contribution is -0.131. The number of nitrogens with one attached hydrogen (secondary N) is 2. The summed E-state index contributed by atoms with van der Waals surface area (Å²) >= 11 is 0. The Morgan fingerprint density at radius 2 is 1.83 bits per heavy atom. The van der Waals surface area contributed by atoms with Crippen LogP contribution in [0, 0.1) is 24.2 Å². The number of carboxylic acids is 1. The number of anilines is 1. The maximum atomic E-state index is 10.9. The summed E-state index contributed by atoms with van der Waals surface area (Å²) in [6.07, 6.45) is 6.28. The zero-order chi connectivity index (χ0) is 24.4. The summed E-state index contributed by atoms with van der Waals surface area (Å²) in [7, 11) is 0. The molecule has 0 atom stereocenters. The number of carboxylic acid groups (broad SMARTS) is 1. The highest BCUT2D eigenvalue weighted by atomic mass is 16.4. The standard InChI is InChI=1S/C30H27N3O2/c1-19-15-21(17-31)7-12-26(19)30(22-3-2-4-22)29(24-11-13-27-25(16-24)18-32-33-27)23-9-5-20(6-10-23)8-14-28(34)35/h5-16,22,32-33H,2-4,18H2,1H3,(H,34,35)/b14-8+,30-29+. The summed E-state index contributed by atoms with van der Waals surface area (Å²) in [6.45, 7) is 2.85. The number of hydrogen-bond donors (Lipinski definition) is 3. The molecule has 5 nitrogen and oxygen atoms in total. The average molecular weight is 462 g/mol. The first-order chi connectivity index (χ1) is 17.0. The Labute approximate surface area is 205 Å². The Kier molecular flexibility index (Phi) is 6.22. The Morgan fingerprint density at radius 1 is 1.06 bits per heavy atom. The van der Waals surface area contributed by atoms with Crippen LogP contribution in [-0.4, -0.2) is 11.1 Å². The minimum absolute atomic E-state index is 0.452. The number of rotatable bonds is 6. The number of aliphatic carboxylic acids is 1. The van der Waals surface area contributed by atoms with Gasteiger partial charge in [0, 0.05) is 12.6 Å². The molecule has 0 saturated heterocycles. The molecule has 0 unspecified atom stereocenters. The number of benzene rings is 3. The maximum absolute atomic E-state index is 10.9. The van der Waals surface area contributed by atoms with Crippen LogP contribution in [0.15, 0.2) is 66.7 Å². The number of nitriles is 1. The van der Waals surface area contributed by atoms with Gasteiger partial charge in [0.1, 0.15) is 0 Å². The molecule has 1 heterocycles. The first kappa shape index (κ1) is 22.6. The van der Waals surface area contributed by atoms with E-state index < -0.39 is 5.97 Å². The van der Waals surface area contributed by atoms with Gasteiger partial charge in [-0.25, -0.2) is 10.2 Å². The zero-order valence-corrected chi connectivity index (χ0v) is 19.6. The van der Waals surface area contributed by atoms with E-state index in [4.69, 9.17) is 5.11 Å². The van der Waals surface area contributed by atoms with Crippen molar-refractivity contribution in [2.45, 2.75) is 32.7 Å². The van der Waals surface area contributed by atoms with E-state index >= 15 is 0 Å². The van der Waals surface area contributed by atoms with Crippen LogP contribution in [0.25, 0.3) is 17.2 Å². The van der Waals surface area contributed by atoms with E-state index in [-0.39, 0.29) is 0 Å². The van der Waals surface area contributed by atoms with E-state index in [1.54, 1.807) is 6.08 Å². The third-order valence-electron chi connectivity index (χ3n) is 6.94. The van der Waals surface area contributed by atoms with Crippen LogP contribution in [-0.2, 0) is 11.3 Å². The van der Waals surface area contributed by atoms with Crippen LogP contribution in [0.5, 0.6) is 0 Å². The molecule has 1 aliphatic carbocycles. The van der Waals surface area contributed by atoms with Crippen molar-refractivity contribution in [3.05, 3.63) is 106 Å². The van der Waals surface area contributed by atoms with Crippen molar-refractivity contribution in [1.29, 1.82) is 5.26 Å². The fourth-order valence-corrected chi connectivity index (χ4v) is 4.95. The highest BCUT2D eigenvalue weighted by Crippen LogP contribution is 2.46. The largest absolute Gasteiger partial charge is 0.478 e. The van der Waals surface area contributed by atoms with Gasteiger partial charge >= 0.3 is 5.97 Å². The van der Waals surface area contributed by atoms with Crippen LogP contribution in [0.3, 0.4) is 0 Å². The second kappa shape index (κ2) is 9.61. The molecule has 1 aliphatic heterocycles. The SMILES string of the molecule is Cc1cc(C#N)ccc1/C(=C(\c1ccc(/C=C/C(=O)O)cc1)c1ccc2c(c1)CNN2)C1CCC1. The molecule has 3 N–H and O–H groups in total.